The first-order valence-electron chi connectivity index (χ1n) is 6.42. The van der Waals surface area contributed by atoms with Gasteiger partial charge in [-0.2, -0.15) is 5.10 Å². The molecule has 8 heteroatoms. The fraction of sp³-hybridized carbons (Fsp3) is 0.667. The minimum atomic E-state index is -0.983. The van der Waals surface area contributed by atoms with E-state index in [4.69, 9.17) is 21.4 Å². The van der Waals surface area contributed by atoms with Crippen LogP contribution in [-0.2, 0) is 11.3 Å². The van der Waals surface area contributed by atoms with Gasteiger partial charge in [0.25, 0.3) is 5.56 Å². The normalized spacial score (nSPS) is 25.9. The molecule has 7 nitrogen and oxygen atoms in total. The third-order valence-electron chi connectivity index (χ3n) is 3.54. The van der Waals surface area contributed by atoms with E-state index in [-0.39, 0.29) is 30.8 Å². The van der Waals surface area contributed by atoms with Gasteiger partial charge in [-0.25, -0.2) is 4.68 Å². The Morgan fingerprint density at radius 2 is 2.45 bits per heavy atom. The zero-order valence-corrected chi connectivity index (χ0v) is 11.9. The molecule has 2 rings (SSSR count). The summed E-state index contributed by atoms with van der Waals surface area (Å²) in [7, 11) is 0. The van der Waals surface area contributed by atoms with E-state index in [9.17, 15) is 9.90 Å². The van der Waals surface area contributed by atoms with Gasteiger partial charge in [-0.3, -0.25) is 4.79 Å². The van der Waals surface area contributed by atoms with Gasteiger partial charge in [0, 0.05) is 19.6 Å². The summed E-state index contributed by atoms with van der Waals surface area (Å²) >= 11 is 5.97. The van der Waals surface area contributed by atoms with Crippen molar-refractivity contribution in [2.75, 3.05) is 25.1 Å². The molecule has 1 fully saturated rings. The van der Waals surface area contributed by atoms with Crippen LogP contribution in [-0.4, -0.2) is 51.5 Å². The van der Waals surface area contributed by atoms with E-state index >= 15 is 0 Å². The highest BCUT2D eigenvalue weighted by atomic mass is 35.5. The number of nitrogens with zero attached hydrogens (tertiary/aromatic N) is 2. The van der Waals surface area contributed by atoms with Crippen LogP contribution in [0.1, 0.15) is 13.3 Å². The lowest BCUT2D eigenvalue weighted by Gasteiger charge is -2.26. The molecule has 0 spiro atoms. The maximum Gasteiger partial charge on any atom is 0.287 e. The van der Waals surface area contributed by atoms with Crippen LogP contribution in [0.25, 0.3) is 0 Å². The Labute approximate surface area is 121 Å². The molecule has 2 unspecified atom stereocenters. The van der Waals surface area contributed by atoms with Crippen molar-refractivity contribution in [3.8, 4) is 0 Å². The van der Waals surface area contributed by atoms with E-state index in [2.05, 4.69) is 10.4 Å². The highest BCUT2D eigenvalue weighted by Crippen LogP contribution is 2.26. The molecular weight excluding hydrogens is 286 g/mol. The lowest BCUT2D eigenvalue weighted by molar-refractivity contribution is -0.0176. The summed E-state index contributed by atoms with van der Waals surface area (Å²) in [6.45, 7) is 2.43. The molecule has 3 N–H and O–H groups in total. The molecule has 0 aromatic carbocycles. The van der Waals surface area contributed by atoms with Gasteiger partial charge < -0.3 is 20.3 Å². The Kier molecular flexibility index (Phi) is 4.64. The minimum Gasteiger partial charge on any atom is -0.394 e. The number of ether oxygens (including phenoxy) is 1. The number of aliphatic hydroxyl groups is 2. The van der Waals surface area contributed by atoms with Crippen molar-refractivity contribution in [1.29, 1.82) is 0 Å². The standard InChI is InChI=1S/C12H18ClN3O4/c1-8-12(19,2-5-20-8)7-14-9-6-15-16(3-4-17)11(18)10(9)13/h6,8,14,17,19H,2-5,7H2,1H3. The molecule has 1 aliphatic rings. The largest absolute Gasteiger partial charge is 0.394 e. The molecule has 2 heterocycles. The fourth-order valence-corrected chi connectivity index (χ4v) is 2.31. The van der Waals surface area contributed by atoms with Crippen LogP contribution in [0.3, 0.4) is 0 Å². The Morgan fingerprint density at radius 3 is 3.05 bits per heavy atom. The van der Waals surface area contributed by atoms with Crippen LogP contribution < -0.4 is 10.9 Å². The lowest BCUT2D eigenvalue weighted by Crippen LogP contribution is -2.43. The Bertz CT molecular complexity index is 536. The first-order chi connectivity index (χ1) is 9.48. The Morgan fingerprint density at radius 1 is 1.70 bits per heavy atom. The van der Waals surface area contributed by atoms with Gasteiger partial charge in [0.05, 0.1) is 31.1 Å². The van der Waals surface area contributed by atoms with Gasteiger partial charge in [0.2, 0.25) is 0 Å². The molecule has 1 aromatic rings. The summed E-state index contributed by atoms with van der Waals surface area (Å²) in [5.41, 5.74) is -1.10. The van der Waals surface area contributed by atoms with Gasteiger partial charge in [-0.1, -0.05) is 11.6 Å². The summed E-state index contributed by atoms with van der Waals surface area (Å²) in [4.78, 5) is 11.8. The highest BCUT2D eigenvalue weighted by Gasteiger charge is 2.39. The van der Waals surface area contributed by atoms with Crippen LogP contribution >= 0.6 is 11.6 Å². The quantitative estimate of drug-likeness (QED) is 0.699. The smallest absolute Gasteiger partial charge is 0.287 e. The van der Waals surface area contributed by atoms with Crippen LogP contribution in [0.2, 0.25) is 5.02 Å². The molecule has 1 saturated heterocycles. The number of hydrogen-bond acceptors (Lipinski definition) is 6. The molecule has 0 amide bonds. The molecule has 1 aromatic heterocycles. The van der Waals surface area contributed by atoms with Gasteiger partial charge in [0.15, 0.2) is 0 Å². The topological polar surface area (TPSA) is 96.6 Å². The van der Waals surface area contributed by atoms with Crippen molar-refractivity contribution >= 4 is 17.3 Å². The SMILES string of the molecule is CC1OCCC1(O)CNc1cnn(CCO)c(=O)c1Cl. The zero-order chi connectivity index (χ0) is 14.8. The summed E-state index contributed by atoms with van der Waals surface area (Å²) in [6, 6.07) is 0. The summed E-state index contributed by atoms with van der Waals surface area (Å²) < 4.78 is 6.42. The van der Waals surface area contributed by atoms with Gasteiger partial charge in [-0.15, -0.1) is 0 Å². The minimum absolute atomic E-state index is 0.0105. The monoisotopic (exact) mass is 303 g/mol. The van der Waals surface area contributed by atoms with Crippen molar-refractivity contribution < 1.29 is 14.9 Å². The molecule has 0 aliphatic carbocycles. The van der Waals surface area contributed by atoms with Gasteiger partial charge >= 0.3 is 0 Å². The van der Waals surface area contributed by atoms with Gasteiger partial charge in [0.1, 0.15) is 10.6 Å². The average molecular weight is 304 g/mol. The number of nitrogens with one attached hydrogen (secondary N) is 1. The molecule has 112 valence electrons. The molecule has 2 atom stereocenters. The molecule has 0 bridgehead atoms. The summed E-state index contributed by atoms with van der Waals surface area (Å²) in [6.07, 6.45) is 1.65. The second-order valence-corrected chi connectivity index (χ2v) is 5.22. The Balaban J connectivity index is 2.11. The fourth-order valence-electron chi connectivity index (χ4n) is 2.09. The molecule has 0 saturated carbocycles. The molecular formula is C12H18ClN3O4. The second-order valence-electron chi connectivity index (χ2n) is 4.84. The predicted molar refractivity (Wildman–Crippen MR) is 74.1 cm³/mol. The number of aromatic nitrogens is 2. The molecule has 1 aliphatic heterocycles. The van der Waals surface area contributed by atoms with E-state index in [1.807, 2.05) is 0 Å². The molecule has 0 radical (unpaired) electrons. The van der Waals surface area contributed by atoms with Crippen LogP contribution in [0.5, 0.6) is 0 Å². The zero-order valence-electron chi connectivity index (χ0n) is 11.2. The van der Waals surface area contributed by atoms with Crippen molar-refractivity contribution in [2.24, 2.45) is 0 Å². The third-order valence-corrected chi connectivity index (χ3v) is 3.91. The number of rotatable bonds is 5. The maximum absolute atomic E-state index is 11.8. The van der Waals surface area contributed by atoms with Crippen molar-refractivity contribution in [3.63, 3.8) is 0 Å². The average Bonchev–Trinajstić information content (AvgIpc) is 2.75. The van der Waals surface area contributed by atoms with Crippen molar-refractivity contribution in [2.45, 2.75) is 31.6 Å². The third kappa shape index (κ3) is 2.95. The summed E-state index contributed by atoms with van der Waals surface area (Å²) in [5, 5.41) is 26.0. The lowest BCUT2D eigenvalue weighted by atomic mass is 9.97. The maximum atomic E-state index is 11.8. The van der Waals surface area contributed by atoms with Crippen LogP contribution in [0, 0.1) is 0 Å². The predicted octanol–water partition coefficient (Wildman–Crippen LogP) is -0.159. The van der Waals surface area contributed by atoms with Crippen LogP contribution in [0.4, 0.5) is 5.69 Å². The van der Waals surface area contributed by atoms with Gasteiger partial charge in [-0.05, 0) is 6.92 Å². The number of halogens is 1. The number of anilines is 1. The van der Waals surface area contributed by atoms with E-state index < -0.39 is 11.2 Å². The number of hydrogen-bond donors (Lipinski definition) is 3. The van der Waals surface area contributed by atoms with E-state index in [1.165, 1.54) is 6.20 Å². The summed E-state index contributed by atoms with van der Waals surface area (Å²) in [5.74, 6) is 0. The van der Waals surface area contributed by atoms with Crippen molar-refractivity contribution in [1.82, 2.24) is 9.78 Å². The highest BCUT2D eigenvalue weighted by molar-refractivity contribution is 6.32. The van der Waals surface area contributed by atoms with Crippen molar-refractivity contribution in [3.05, 3.63) is 21.6 Å². The Hall–Kier alpha value is -1.15. The second kappa shape index (κ2) is 6.09. The molecule has 20 heavy (non-hydrogen) atoms. The van der Waals surface area contributed by atoms with Crippen LogP contribution in [0.15, 0.2) is 11.0 Å². The first kappa shape index (κ1) is 15.2. The van der Waals surface area contributed by atoms with E-state index in [1.54, 1.807) is 6.92 Å². The van der Waals surface area contributed by atoms with E-state index in [0.29, 0.717) is 18.7 Å². The first-order valence-corrected chi connectivity index (χ1v) is 6.80. The van der Waals surface area contributed by atoms with E-state index in [0.717, 1.165) is 4.68 Å². The number of aliphatic hydroxyl groups excluding tert-OH is 1.